The van der Waals surface area contributed by atoms with Gasteiger partial charge in [0.25, 0.3) is 5.91 Å². The number of carbonyl (C=O) groups is 1. The minimum Gasteiger partial charge on any atom is -0.378 e. The second-order valence-electron chi connectivity index (χ2n) is 5.54. The van der Waals surface area contributed by atoms with Crippen LogP contribution < -0.4 is 5.73 Å². The number of piperidine rings is 1. The Morgan fingerprint density at radius 3 is 2.79 bits per heavy atom. The van der Waals surface area contributed by atoms with Gasteiger partial charge in [0.05, 0.1) is 21.8 Å². The zero-order chi connectivity index (χ0) is 15.4. The van der Waals surface area contributed by atoms with E-state index in [4.69, 9.17) is 10.5 Å². The minimum absolute atomic E-state index is 0. The van der Waals surface area contributed by atoms with Gasteiger partial charge in [-0.15, -0.1) is 36.2 Å². The molecule has 24 heavy (non-hydrogen) atoms. The Morgan fingerprint density at radius 1 is 1.33 bits per heavy atom. The van der Waals surface area contributed by atoms with E-state index in [2.05, 4.69) is 4.98 Å². The molecule has 2 aromatic rings. The molecule has 0 aliphatic carbocycles. The van der Waals surface area contributed by atoms with Gasteiger partial charge in [-0.05, 0) is 44.0 Å². The lowest BCUT2D eigenvalue weighted by molar-refractivity contribution is 0.00845. The highest BCUT2D eigenvalue weighted by molar-refractivity contribution is 7.16. The number of nitrogens with two attached hydrogens (primary N) is 1. The molecule has 1 aromatic carbocycles. The molecule has 0 radical (unpaired) electrons. The first-order chi connectivity index (χ1) is 10.8. The molecule has 1 aromatic heterocycles. The van der Waals surface area contributed by atoms with Crippen LogP contribution in [0.2, 0.25) is 0 Å². The number of thiazole rings is 1. The first kappa shape index (κ1) is 21.1. The molecule has 0 atom stereocenters. The van der Waals surface area contributed by atoms with Crippen molar-refractivity contribution in [1.82, 2.24) is 9.88 Å². The Balaban J connectivity index is 0.00000144. The quantitative estimate of drug-likeness (QED) is 0.794. The Bertz CT molecular complexity index is 645. The molecule has 1 aliphatic rings. The average molecular weight is 392 g/mol. The molecule has 1 aliphatic heterocycles. The molecule has 0 bridgehead atoms. The SMILES string of the molecule is Cl.Cl.NCCCOC1CCN(C(=O)c2ccc3ncsc3c2)CC1. The summed E-state index contributed by atoms with van der Waals surface area (Å²) < 4.78 is 6.84. The Kier molecular flexibility index (Phi) is 8.94. The lowest BCUT2D eigenvalue weighted by Crippen LogP contribution is -2.41. The maximum absolute atomic E-state index is 12.6. The number of fused-ring (bicyclic) bond motifs is 1. The van der Waals surface area contributed by atoms with Crippen molar-refractivity contribution in [2.24, 2.45) is 5.73 Å². The van der Waals surface area contributed by atoms with Crippen LogP contribution in [0, 0.1) is 0 Å². The van der Waals surface area contributed by atoms with Crippen molar-refractivity contribution in [2.45, 2.75) is 25.4 Å². The van der Waals surface area contributed by atoms with Gasteiger partial charge in [0.15, 0.2) is 0 Å². The molecule has 2 N–H and O–H groups in total. The summed E-state index contributed by atoms with van der Waals surface area (Å²) >= 11 is 1.57. The number of nitrogens with zero attached hydrogens (tertiary/aromatic N) is 2. The van der Waals surface area contributed by atoms with Crippen molar-refractivity contribution in [2.75, 3.05) is 26.2 Å². The molecule has 1 fully saturated rings. The van der Waals surface area contributed by atoms with Crippen LogP contribution in [0.15, 0.2) is 23.7 Å². The van der Waals surface area contributed by atoms with Crippen LogP contribution >= 0.6 is 36.2 Å². The lowest BCUT2D eigenvalue weighted by atomic mass is 10.1. The van der Waals surface area contributed by atoms with Gasteiger partial charge < -0.3 is 15.4 Å². The fourth-order valence-corrected chi connectivity index (χ4v) is 3.45. The van der Waals surface area contributed by atoms with E-state index in [9.17, 15) is 4.79 Å². The summed E-state index contributed by atoms with van der Waals surface area (Å²) in [4.78, 5) is 18.8. The zero-order valence-electron chi connectivity index (χ0n) is 13.3. The highest BCUT2D eigenvalue weighted by atomic mass is 35.5. The van der Waals surface area contributed by atoms with Gasteiger partial charge in [0, 0.05) is 25.3 Å². The molecule has 8 heteroatoms. The third-order valence-electron chi connectivity index (χ3n) is 4.01. The summed E-state index contributed by atoms with van der Waals surface area (Å²) in [6.45, 7) is 2.90. The summed E-state index contributed by atoms with van der Waals surface area (Å²) in [5.41, 5.74) is 8.98. The summed E-state index contributed by atoms with van der Waals surface area (Å²) in [6, 6.07) is 5.73. The van der Waals surface area contributed by atoms with Crippen LogP contribution in [0.1, 0.15) is 29.6 Å². The third kappa shape index (κ3) is 5.04. The first-order valence-electron chi connectivity index (χ1n) is 7.72. The van der Waals surface area contributed by atoms with Gasteiger partial charge in [-0.3, -0.25) is 4.79 Å². The fourth-order valence-electron chi connectivity index (χ4n) is 2.73. The number of amides is 1. The molecule has 2 heterocycles. The van der Waals surface area contributed by atoms with E-state index in [0.717, 1.165) is 54.7 Å². The van der Waals surface area contributed by atoms with E-state index in [-0.39, 0.29) is 36.8 Å². The molecule has 134 valence electrons. The van der Waals surface area contributed by atoms with Crippen molar-refractivity contribution in [1.29, 1.82) is 0 Å². The normalized spacial score (nSPS) is 15.0. The summed E-state index contributed by atoms with van der Waals surface area (Å²) in [5, 5.41) is 0. The van der Waals surface area contributed by atoms with Gasteiger partial charge in [-0.25, -0.2) is 4.98 Å². The number of aromatic nitrogens is 1. The van der Waals surface area contributed by atoms with Crippen molar-refractivity contribution in [3.8, 4) is 0 Å². The van der Waals surface area contributed by atoms with Crippen molar-refractivity contribution < 1.29 is 9.53 Å². The van der Waals surface area contributed by atoms with E-state index in [1.807, 2.05) is 28.6 Å². The second-order valence-corrected chi connectivity index (χ2v) is 6.43. The number of hydrogen-bond acceptors (Lipinski definition) is 5. The van der Waals surface area contributed by atoms with Crippen molar-refractivity contribution in [3.63, 3.8) is 0 Å². The largest absolute Gasteiger partial charge is 0.378 e. The number of rotatable bonds is 5. The monoisotopic (exact) mass is 391 g/mol. The third-order valence-corrected chi connectivity index (χ3v) is 4.80. The molecule has 1 saturated heterocycles. The number of benzene rings is 1. The van der Waals surface area contributed by atoms with Crippen LogP contribution in [-0.4, -0.2) is 48.1 Å². The topological polar surface area (TPSA) is 68.5 Å². The second kappa shape index (κ2) is 10.2. The summed E-state index contributed by atoms with van der Waals surface area (Å²) in [7, 11) is 0. The van der Waals surface area contributed by atoms with E-state index < -0.39 is 0 Å². The van der Waals surface area contributed by atoms with Gasteiger partial charge in [0.1, 0.15) is 0 Å². The molecular weight excluding hydrogens is 369 g/mol. The van der Waals surface area contributed by atoms with Crippen LogP contribution in [0.5, 0.6) is 0 Å². The first-order valence-corrected chi connectivity index (χ1v) is 8.60. The molecule has 3 rings (SSSR count). The van der Waals surface area contributed by atoms with E-state index in [1.165, 1.54) is 0 Å². The summed E-state index contributed by atoms with van der Waals surface area (Å²) in [5.74, 6) is 0.107. The predicted molar refractivity (Wildman–Crippen MR) is 103 cm³/mol. The molecule has 0 unspecified atom stereocenters. The molecular formula is C16H23Cl2N3O2S. The molecule has 5 nitrogen and oxygen atoms in total. The predicted octanol–water partition coefficient (Wildman–Crippen LogP) is 3.11. The van der Waals surface area contributed by atoms with Crippen LogP contribution in [0.25, 0.3) is 10.2 Å². The highest BCUT2D eigenvalue weighted by Gasteiger charge is 2.24. The van der Waals surface area contributed by atoms with Crippen LogP contribution in [0.4, 0.5) is 0 Å². The van der Waals surface area contributed by atoms with Gasteiger partial charge >= 0.3 is 0 Å². The number of halogens is 2. The van der Waals surface area contributed by atoms with E-state index >= 15 is 0 Å². The van der Waals surface area contributed by atoms with Crippen LogP contribution in [-0.2, 0) is 4.74 Å². The maximum atomic E-state index is 12.6. The number of carbonyl (C=O) groups excluding carboxylic acids is 1. The number of ether oxygens (including phenoxy) is 1. The highest BCUT2D eigenvalue weighted by Crippen LogP contribution is 2.22. The van der Waals surface area contributed by atoms with Crippen molar-refractivity contribution >= 4 is 52.3 Å². The molecule has 0 spiro atoms. The van der Waals surface area contributed by atoms with E-state index in [1.54, 1.807) is 11.3 Å². The van der Waals surface area contributed by atoms with Crippen molar-refractivity contribution in [3.05, 3.63) is 29.3 Å². The standard InChI is InChI=1S/C16H21N3O2S.2ClH/c17-6-1-9-21-13-4-7-19(8-5-13)16(20)12-2-3-14-15(10-12)22-11-18-14;;/h2-3,10-11,13H,1,4-9,17H2;2*1H. The Morgan fingerprint density at radius 2 is 2.08 bits per heavy atom. The Labute approximate surface area is 158 Å². The molecule has 0 saturated carbocycles. The van der Waals surface area contributed by atoms with Gasteiger partial charge in [0.2, 0.25) is 0 Å². The lowest BCUT2D eigenvalue weighted by Gasteiger charge is -2.32. The van der Waals surface area contributed by atoms with E-state index in [0.29, 0.717) is 6.54 Å². The number of likely N-dealkylation sites (tertiary alicyclic amines) is 1. The molecule has 1 amide bonds. The smallest absolute Gasteiger partial charge is 0.253 e. The average Bonchev–Trinajstić information content (AvgIpc) is 3.02. The number of hydrogen-bond donors (Lipinski definition) is 1. The minimum atomic E-state index is 0. The van der Waals surface area contributed by atoms with Crippen LogP contribution in [0.3, 0.4) is 0 Å². The Hall–Kier alpha value is -0.920. The zero-order valence-corrected chi connectivity index (χ0v) is 15.8. The van der Waals surface area contributed by atoms with Gasteiger partial charge in [-0.2, -0.15) is 0 Å². The summed E-state index contributed by atoms with van der Waals surface area (Å²) in [6.07, 6.45) is 2.96. The van der Waals surface area contributed by atoms with Gasteiger partial charge in [-0.1, -0.05) is 0 Å². The fraction of sp³-hybridized carbons (Fsp3) is 0.500. The maximum Gasteiger partial charge on any atom is 0.253 e.